The highest BCUT2D eigenvalue weighted by Gasteiger charge is 2.26. The molecule has 22 heavy (non-hydrogen) atoms. The molecule has 1 saturated heterocycles. The predicted octanol–water partition coefficient (Wildman–Crippen LogP) is 2.21. The summed E-state index contributed by atoms with van der Waals surface area (Å²) in [7, 11) is 0. The molecule has 1 heterocycles. The van der Waals surface area contributed by atoms with Gasteiger partial charge >= 0.3 is 11.8 Å². The molecule has 1 atom stereocenters. The number of nitrogens with zero attached hydrogens (tertiary/aromatic N) is 1. The van der Waals surface area contributed by atoms with Gasteiger partial charge in [0.2, 0.25) is 0 Å². The number of ether oxygens (including phenoxy) is 1. The van der Waals surface area contributed by atoms with Crippen LogP contribution in [-0.4, -0.2) is 42.5 Å². The molecule has 5 nitrogen and oxygen atoms in total. The number of hydrogen-bond donors (Lipinski definition) is 1. The third-order valence-corrected chi connectivity index (χ3v) is 3.96. The highest BCUT2D eigenvalue weighted by molar-refractivity contribution is 6.39. The highest BCUT2D eigenvalue weighted by Crippen LogP contribution is 2.16. The minimum absolute atomic E-state index is 0.0552. The zero-order valence-corrected chi connectivity index (χ0v) is 13.3. The minimum atomic E-state index is -0.583. The Morgan fingerprint density at radius 2 is 2.09 bits per heavy atom. The second kappa shape index (κ2) is 7.94. The number of carbonyl (C=O) groups is 2. The molecular formula is C17H24N2O3. The van der Waals surface area contributed by atoms with Gasteiger partial charge in [0, 0.05) is 25.4 Å². The number of amides is 2. The lowest BCUT2D eigenvalue weighted by Crippen LogP contribution is -2.43. The van der Waals surface area contributed by atoms with Crippen LogP contribution in [0.1, 0.15) is 32.3 Å². The zero-order valence-electron chi connectivity index (χ0n) is 13.3. The van der Waals surface area contributed by atoms with Gasteiger partial charge in [-0.25, -0.2) is 0 Å². The third kappa shape index (κ3) is 4.07. The number of para-hydroxylation sites is 1. The fraction of sp³-hybridized carbons (Fsp3) is 0.529. The number of likely N-dealkylation sites (N-methyl/N-ethyl adjacent to an activating group) is 1. The predicted molar refractivity (Wildman–Crippen MR) is 85.7 cm³/mol. The van der Waals surface area contributed by atoms with Gasteiger partial charge < -0.3 is 15.0 Å². The molecule has 0 aliphatic carbocycles. The summed E-state index contributed by atoms with van der Waals surface area (Å²) in [6, 6.07) is 7.54. The second-order valence-corrected chi connectivity index (χ2v) is 5.44. The smallest absolute Gasteiger partial charge is 0.313 e. The number of anilines is 1. The molecule has 1 fully saturated rings. The van der Waals surface area contributed by atoms with E-state index in [1.165, 1.54) is 0 Å². The van der Waals surface area contributed by atoms with Crippen LogP contribution in [0.25, 0.3) is 0 Å². The van der Waals surface area contributed by atoms with E-state index in [2.05, 4.69) is 5.32 Å². The fourth-order valence-corrected chi connectivity index (χ4v) is 2.66. The van der Waals surface area contributed by atoms with Crippen molar-refractivity contribution in [1.82, 2.24) is 4.90 Å². The number of nitrogens with one attached hydrogen (secondary N) is 1. The second-order valence-electron chi connectivity index (χ2n) is 5.44. The molecular weight excluding hydrogens is 280 g/mol. The monoisotopic (exact) mass is 304 g/mol. The summed E-state index contributed by atoms with van der Waals surface area (Å²) in [4.78, 5) is 26.1. The molecule has 0 bridgehead atoms. The van der Waals surface area contributed by atoms with Crippen molar-refractivity contribution in [2.45, 2.75) is 39.2 Å². The minimum Gasteiger partial charge on any atom is -0.376 e. The molecule has 1 aliphatic rings. The van der Waals surface area contributed by atoms with Crippen molar-refractivity contribution in [1.29, 1.82) is 0 Å². The summed E-state index contributed by atoms with van der Waals surface area (Å²) in [6.07, 6.45) is 2.83. The Morgan fingerprint density at radius 1 is 1.32 bits per heavy atom. The largest absolute Gasteiger partial charge is 0.376 e. The number of aryl methyl sites for hydroxylation is 1. The van der Waals surface area contributed by atoms with E-state index in [1.54, 1.807) is 4.90 Å². The molecule has 2 rings (SSSR count). The fourth-order valence-electron chi connectivity index (χ4n) is 2.66. The Balaban J connectivity index is 1.98. The molecule has 0 radical (unpaired) electrons. The van der Waals surface area contributed by atoms with Gasteiger partial charge in [0.15, 0.2) is 0 Å². The Kier molecular flexibility index (Phi) is 5.95. The molecule has 1 aliphatic heterocycles. The van der Waals surface area contributed by atoms with Gasteiger partial charge in [-0.2, -0.15) is 0 Å². The van der Waals surface area contributed by atoms with Crippen LogP contribution < -0.4 is 5.32 Å². The maximum absolute atomic E-state index is 12.3. The van der Waals surface area contributed by atoms with Crippen LogP contribution in [0.5, 0.6) is 0 Å². The van der Waals surface area contributed by atoms with Crippen LogP contribution in [-0.2, 0) is 20.7 Å². The van der Waals surface area contributed by atoms with E-state index < -0.39 is 11.8 Å². The van der Waals surface area contributed by atoms with Gasteiger partial charge in [0.1, 0.15) is 0 Å². The summed E-state index contributed by atoms with van der Waals surface area (Å²) >= 11 is 0. The SMILES string of the molecule is CCc1ccccc1NC(=O)C(=O)N(CC)C[C@@H]1CCCO1. The summed E-state index contributed by atoms with van der Waals surface area (Å²) in [5, 5.41) is 2.73. The third-order valence-electron chi connectivity index (χ3n) is 3.96. The van der Waals surface area contributed by atoms with Crippen LogP contribution in [0.2, 0.25) is 0 Å². The van der Waals surface area contributed by atoms with Gasteiger partial charge in [-0.1, -0.05) is 25.1 Å². The molecule has 0 spiro atoms. The molecule has 120 valence electrons. The topological polar surface area (TPSA) is 58.6 Å². The highest BCUT2D eigenvalue weighted by atomic mass is 16.5. The summed E-state index contributed by atoms with van der Waals surface area (Å²) in [5.74, 6) is -1.08. The van der Waals surface area contributed by atoms with Crippen molar-refractivity contribution in [3.63, 3.8) is 0 Å². The Hall–Kier alpha value is -1.88. The maximum Gasteiger partial charge on any atom is 0.313 e. The summed E-state index contributed by atoms with van der Waals surface area (Å²) < 4.78 is 5.54. The maximum atomic E-state index is 12.3. The Morgan fingerprint density at radius 3 is 2.73 bits per heavy atom. The first kappa shape index (κ1) is 16.5. The number of benzene rings is 1. The van der Waals surface area contributed by atoms with Gasteiger partial charge in [0.25, 0.3) is 0 Å². The average molecular weight is 304 g/mol. The first-order valence-corrected chi connectivity index (χ1v) is 7.95. The van der Waals surface area contributed by atoms with Crippen molar-refractivity contribution in [3.05, 3.63) is 29.8 Å². The molecule has 0 aromatic heterocycles. The van der Waals surface area contributed by atoms with Crippen molar-refractivity contribution in [2.24, 2.45) is 0 Å². The van der Waals surface area contributed by atoms with E-state index in [-0.39, 0.29) is 6.10 Å². The Bertz CT molecular complexity index is 524. The van der Waals surface area contributed by atoms with E-state index in [4.69, 9.17) is 4.74 Å². The molecule has 5 heteroatoms. The van der Waals surface area contributed by atoms with E-state index in [0.29, 0.717) is 18.8 Å². The van der Waals surface area contributed by atoms with Crippen LogP contribution in [0.3, 0.4) is 0 Å². The number of carbonyl (C=O) groups excluding carboxylic acids is 2. The van der Waals surface area contributed by atoms with Gasteiger partial charge in [-0.15, -0.1) is 0 Å². The molecule has 1 aromatic rings. The lowest BCUT2D eigenvalue weighted by molar-refractivity contribution is -0.144. The molecule has 0 unspecified atom stereocenters. The van der Waals surface area contributed by atoms with E-state index in [1.807, 2.05) is 38.1 Å². The van der Waals surface area contributed by atoms with E-state index in [0.717, 1.165) is 31.4 Å². The number of rotatable bonds is 5. The van der Waals surface area contributed by atoms with Gasteiger partial charge in [0.05, 0.1) is 6.10 Å². The van der Waals surface area contributed by atoms with Crippen molar-refractivity contribution < 1.29 is 14.3 Å². The molecule has 0 saturated carbocycles. The normalized spacial score (nSPS) is 17.3. The number of hydrogen-bond acceptors (Lipinski definition) is 3. The lowest BCUT2D eigenvalue weighted by atomic mass is 10.1. The van der Waals surface area contributed by atoms with E-state index in [9.17, 15) is 9.59 Å². The molecule has 2 amide bonds. The quantitative estimate of drug-likeness (QED) is 0.849. The van der Waals surface area contributed by atoms with E-state index >= 15 is 0 Å². The van der Waals surface area contributed by atoms with Crippen LogP contribution in [0.4, 0.5) is 5.69 Å². The summed E-state index contributed by atoms with van der Waals surface area (Å²) in [5.41, 5.74) is 1.72. The first-order chi connectivity index (χ1) is 10.7. The van der Waals surface area contributed by atoms with Crippen molar-refractivity contribution >= 4 is 17.5 Å². The zero-order chi connectivity index (χ0) is 15.9. The van der Waals surface area contributed by atoms with Crippen molar-refractivity contribution in [2.75, 3.05) is 25.0 Å². The lowest BCUT2D eigenvalue weighted by Gasteiger charge is -2.23. The van der Waals surface area contributed by atoms with Crippen molar-refractivity contribution in [3.8, 4) is 0 Å². The van der Waals surface area contributed by atoms with Gasteiger partial charge in [-0.3, -0.25) is 9.59 Å². The van der Waals surface area contributed by atoms with Crippen LogP contribution in [0, 0.1) is 0 Å². The average Bonchev–Trinajstić information content (AvgIpc) is 3.05. The molecule has 1 aromatic carbocycles. The van der Waals surface area contributed by atoms with Crippen LogP contribution in [0.15, 0.2) is 24.3 Å². The summed E-state index contributed by atoms with van der Waals surface area (Å²) in [6.45, 7) is 5.62. The van der Waals surface area contributed by atoms with Gasteiger partial charge in [-0.05, 0) is 37.8 Å². The molecule has 1 N–H and O–H groups in total. The van der Waals surface area contributed by atoms with Crippen LogP contribution >= 0.6 is 0 Å². The Labute approximate surface area is 131 Å². The first-order valence-electron chi connectivity index (χ1n) is 7.95. The standard InChI is InChI=1S/C17H24N2O3/c1-3-13-8-5-6-10-15(13)18-16(20)17(21)19(4-2)12-14-9-7-11-22-14/h5-6,8,10,14H,3-4,7,9,11-12H2,1-2H3,(H,18,20)/t14-/m0/s1.